The number of carbonyl (C=O) groups is 1. The Balaban J connectivity index is 1.50. The number of fused-ring (bicyclic) bond motifs is 2. The maximum Gasteiger partial charge on any atom is 0.257 e. The highest BCUT2D eigenvalue weighted by atomic mass is 19.1. The average Bonchev–Trinajstić information content (AvgIpc) is 3.13. The van der Waals surface area contributed by atoms with Crippen molar-refractivity contribution in [3.8, 4) is 0 Å². The minimum Gasteiger partial charge on any atom is -0.368 e. The molecule has 2 atom stereocenters. The number of nitrogens with one attached hydrogen (secondary N) is 2. The van der Waals surface area contributed by atoms with Crippen molar-refractivity contribution in [3.63, 3.8) is 0 Å². The first-order valence-electron chi connectivity index (χ1n) is 10.6. The van der Waals surface area contributed by atoms with Crippen LogP contribution in [0.15, 0.2) is 42.7 Å². The van der Waals surface area contributed by atoms with Crippen LogP contribution in [0.3, 0.4) is 0 Å². The summed E-state index contributed by atoms with van der Waals surface area (Å²) in [4.78, 5) is 15.4. The summed E-state index contributed by atoms with van der Waals surface area (Å²) in [5, 5.41) is 20.2. The van der Waals surface area contributed by atoms with Gasteiger partial charge in [0.25, 0.3) is 5.91 Å². The van der Waals surface area contributed by atoms with Crippen LogP contribution < -0.4 is 15.5 Å². The van der Waals surface area contributed by atoms with E-state index >= 15 is 0 Å². The Morgan fingerprint density at radius 1 is 1.16 bits per heavy atom. The fraction of sp³-hybridized carbons (Fsp3) is 0.304. The summed E-state index contributed by atoms with van der Waals surface area (Å²) in [6.07, 6.45) is 3.34. The fourth-order valence-corrected chi connectivity index (χ4v) is 4.53. The largest absolute Gasteiger partial charge is 0.368 e. The molecule has 1 aliphatic heterocycles. The maximum atomic E-state index is 14.4. The zero-order valence-electron chi connectivity index (χ0n) is 18.1. The third-order valence-electron chi connectivity index (χ3n) is 5.74. The molecule has 1 aliphatic rings. The lowest BCUT2D eigenvalue weighted by molar-refractivity contribution is 0.102. The second kappa shape index (κ2) is 7.83. The zero-order valence-corrected chi connectivity index (χ0v) is 18.1. The van der Waals surface area contributed by atoms with Crippen LogP contribution in [0.1, 0.15) is 24.2 Å². The first-order valence-corrected chi connectivity index (χ1v) is 10.6. The summed E-state index contributed by atoms with van der Waals surface area (Å²) in [7, 11) is 1.73. The molecule has 0 bridgehead atoms. The number of hydrogen-bond donors (Lipinski definition) is 2. The van der Waals surface area contributed by atoms with Gasteiger partial charge in [-0.3, -0.25) is 9.48 Å². The van der Waals surface area contributed by atoms with E-state index in [9.17, 15) is 9.18 Å². The Hall–Kier alpha value is -3.59. The first-order chi connectivity index (χ1) is 15.4. The number of rotatable bonds is 3. The van der Waals surface area contributed by atoms with Crippen molar-refractivity contribution in [3.05, 3.63) is 54.1 Å². The quantitative estimate of drug-likeness (QED) is 0.516. The van der Waals surface area contributed by atoms with Crippen molar-refractivity contribution < 1.29 is 9.18 Å². The molecule has 1 saturated heterocycles. The van der Waals surface area contributed by atoms with E-state index in [2.05, 4.69) is 44.7 Å². The lowest BCUT2D eigenvalue weighted by Gasteiger charge is -2.38. The minimum absolute atomic E-state index is 0.269. The number of benzene rings is 2. The third kappa shape index (κ3) is 3.64. The number of halogens is 1. The summed E-state index contributed by atoms with van der Waals surface area (Å²) >= 11 is 0. The molecule has 0 unspecified atom stereocenters. The Morgan fingerprint density at radius 3 is 2.72 bits per heavy atom. The number of aryl methyl sites for hydroxylation is 1. The summed E-state index contributed by atoms with van der Waals surface area (Å²) in [5.41, 5.74) is 2.56. The van der Waals surface area contributed by atoms with E-state index in [0.717, 1.165) is 24.2 Å². The SMILES string of the molecule is C[C@H]1CN(c2ccc(C(=O)Nc3cc(F)c4nn(C)cc4c3)c3nnccc23)C[C@H](C)N1. The molecule has 4 aromatic rings. The molecule has 164 valence electrons. The van der Waals surface area contributed by atoms with E-state index in [0.29, 0.717) is 34.2 Å². The van der Waals surface area contributed by atoms with Gasteiger partial charge in [0.15, 0.2) is 5.82 Å². The molecule has 8 nitrogen and oxygen atoms in total. The fourth-order valence-electron chi connectivity index (χ4n) is 4.53. The molecule has 5 rings (SSSR count). The molecule has 1 amide bonds. The van der Waals surface area contributed by atoms with E-state index in [4.69, 9.17) is 0 Å². The van der Waals surface area contributed by atoms with Gasteiger partial charge < -0.3 is 15.5 Å². The lowest BCUT2D eigenvalue weighted by atomic mass is 10.0. The van der Waals surface area contributed by atoms with Crippen molar-refractivity contribution in [1.82, 2.24) is 25.3 Å². The minimum atomic E-state index is -0.486. The molecule has 0 saturated carbocycles. The molecule has 0 radical (unpaired) electrons. The number of anilines is 2. The van der Waals surface area contributed by atoms with Gasteiger partial charge in [0.2, 0.25) is 0 Å². The Labute approximate surface area is 184 Å². The topological polar surface area (TPSA) is 88.0 Å². The van der Waals surface area contributed by atoms with Crippen LogP contribution in [0.5, 0.6) is 0 Å². The number of aromatic nitrogens is 4. The van der Waals surface area contributed by atoms with Crippen LogP contribution in [0.2, 0.25) is 0 Å². The Bertz CT molecular complexity index is 1320. The molecule has 0 spiro atoms. The van der Waals surface area contributed by atoms with Gasteiger partial charge in [-0.2, -0.15) is 10.2 Å². The second-order valence-electron chi connectivity index (χ2n) is 8.45. The highest BCUT2D eigenvalue weighted by molar-refractivity contribution is 6.14. The van der Waals surface area contributed by atoms with E-state index in [-0.39, 0.29) is 11.4 Å². The van der Waals surface area contributed by atoms with Crippen LogP contribution in [0.25, 0.3) is 21.8 Å². The maximum absolute atomic E-state index is 14.4. The number of amides is 1. The van der Waals surface area contributed by atoms with Crippen LogP contribution >= 0.6 is 0 Å². The smallest absolute Gasteiger partial charge is 0.257 e. The lowest BCUT2D eigenvalue weighted by Crippen LogP contribution is -2.54. The van der Waals surface area contributed by atoms with Gasteiger partial charge in [0, 0.05) is 60.6 Å². The Kier molecular flexibility index (Phi) is 4.97. The molecule has 2 N–H and O–H groups in total. The summed E-state index contributed by atoms with van der Waals surface area (Å²) in [6.45, 7) is 6.03. The van der Waals surface area contributed by atoms with Gasteiger partial charge in [0.05, 0.1) is 11.8 Å². The molecule has 0 aliphatic carbocycles. The number of hydrogen-bond acceptors (Lipinski definition) is 6. The highest BCUT2D eigenvalue weighted by Gasteiger charge is 2.24. The molecule has 3 heterocycles. The summed E-state index contributed by atoms with van der Waals surface area (Å²) in [5.74, 6) is -0.855. The monoisotopic (exact) mass is 433 g/mol. The number of nitrogens with zero attached hydrogens (tertiary/aromatic N) is 5. The summed E-state index contributed by atoms with van der Waals surface area (Å²) < 4.78 is 16.0. The van der Waals surface area contributed by atoms with Gasteiger partial charge >= 0.3 is 0 Å². The van der Waals surface area contributed by atoms with Gasteiger partial charge in [-0.05, 0) is 44.2 Å². The predicted molar refractivity (Wildman–Crippen MR) is 122 cm³/mol. The van der Waals surface area contributed by atoms with Crippen LogP contribution in [0.4, 0.5) is 15.8 Å². The predicted octanol–water partition coefficient (Wildman–Crippen LogP) is 3.09. The molecule has 32 heavy (non-hydrogen) atoms. The molecular weight excluding hydrogens is 409 g/mol. The van der Waals surface area contributed by atoms with E-state index in [1.165, 1.54) is 6.07 Å². The molecule has 2 aromatic heterocycles. The van der Waals surface area contributed by atoms with Crippen molar-refractivity contribution in [2.45, 2.75) is 25.9 Å². The van der Waals surface area contributed by atoms with Crippen LogP contribution in [-0.4, -0.2) is 51.1 Å². The van der Waals surface area contributed by atoms with E-state index in [1.54, 1.807) is 36.3 Å². The van der Waals surface area contributed by atoms with Crippen LogP contribution in [0, 0.1) is 5.82 Å². The highest BCUT2D eigenvalue weighted by Crippen LogP contribution is 2.30. The number of carbonyl (C=O) groups excluding carboxylic acids is 1. The van der Waals surface area contributed by atoms with Gasteiger partial charge in [0.1, 0.15) is 11.0 Å². The first kappa shape index (κ1) is 20.3. The van der Waals surface area contributed by atoms with E-state index in [1.807, 2.05) is 12.1 Å². The summed E-state index contributed by atoms with van der Waals surface area (Å²) in [6, 6.07) is 9.28. The van der Waals surface area contributed by atoms with Crippen molar-refractivity contribution in [1.29, 1.82) is 0 Å². The van der Waals surface area contributed by atoms with E-state index < -0.39 is 5.82 Å². The standard InChI is InChI=1S/C23H24FN7O/c1-13-10-31(11-14(2)26-13)20-5-4-18(22-17(20)6-7-25-28-22)23(32)27-16-8-15-12-30(3)29-21(15)19(24)9-16/h4-9,12-14,26H,10-11H2,1-3H3,(H,27,32)/t13-,14-/m0/s1. The third-order valence-corrected chi connectivity index (χ3v) is 5.74. The average molecular weight is 433 g/mol. The van der Waals surface area contributed by atoms with Gasteiger partial charge in [-0.15, -0.1) is 5.10 Å². The van der Waals surface area contributed by atoms with Crippen molar-refractivity contribution >= 4 is 39.1 Å². The number of piperazine rings is 1. The second-order valence-corrected chi connectivity index (χ2v) is 8.45. The Morgan fingerprint density at radius 2 is 1.94 bits per heavy atom. The van der Waals surface area contributed by atoms with Crippen molar-refractivity contribution in [2.24, 2.45) is 7.05 Å². The molecular formula is C23H24FN7O. The van der Waals surface area contributed by atoms with Crippen molar-refractivity contribution in [2.75, 3.05) is 23.3 Å². The molecule has 2 aromatic carbocycles. The van der Waals surface area contributed by atoms with Crippen LogP contribution in [-0.2, 0) is 7.05 Å². The molecule has 9 heteroatoms. The normalized spacial score (nSPS) is 18.9. The van der Waals surface area contributed by atoms with Gasteiger partial charge in [-0.1, -0.05) is 0 Å². The van der Waals surface area contributed by atoms with Gasteiger partial charge in [-0.25, -0.2) is 4.39 Å². The zero-order chi connectivity index (χ0) is 22.4. The molecule has 1 fully saturated rings.